The zero-order valence-electron chi connectivity index (χ0n) is 14.3. The molecule has 3 N–H and O–H groups in total. The Kier molecular flexibility index (Phi) is 4.30. The highest BCUT2D eigenvalue weighted by Crippen LogP contribution is 2.32. The van der Waals surface area contributed by atoms with Crippen LogP contribution in [0.5, 0.6) is 0 Å². The Morgan fingerprint density at radius 3 is 2.60 bits per heavy atom. The highest BCUT2D eigenvalue weighted by molar-refractivity contribution is 7.12. The number of amides is 2. The zero-order valence-corrected chi connectivity index (χ0v) is 15.2. The first-order valence-electron chi connectivity index (χ1n) is 7.72. The van der Waals surface area contributed by atoms with E-state index in [1.54, 1.807) is 24.3 Å². The topological polar surface area (TPSA) is 111 Å². The minimum Gasteiger partial charge on any atom is -0.368 e. The molecule has 0 aliphatic carbocycles. The van der Waals surface area contributed by atoms with Gasteiger partial charge in [0.25, 0.3) is 11.6 Å². The first-order valence-corrected chi connectivity index (χ1v) is 8.54. The maximum Gasteiger partial charge on any atom is 0.259 e. The highest BCUT2D eigenvalue weighted by atomic mass is 32.1. The fourth-order valence-electron chi connectivity index (χ4n) is 2.64. The van der Waals surface area contributed by atoms with E-state index in [0.29, 0.717) is 22.3 Å². The van der Waals surface area contributed by atoms with E-state index in [0.717, 1.165) is 15.3 Å². The fraction of sp³-hybridized carbons (Fsp3) is 0.294. The van der Waals surface area contributed by atoms with E-state index in [1.807, 2.05) is 19.9 Å². The second kappa shape index (κ2) is 6.29. The van der Waals surface area contributed by atoms with Crippen LogP contribution in [0.3, 0.4) is 0 Å². The Hall–Kier alpha value is -2.74. The van der Waals surface area contributed by atoms with Crippen LogP contribution < -0.4 is 11.1 Å². The minimum absolute atomic E-state index is 0.287. The van der Waals surface area contributed by atoms with E-state index in [-0.39, 0.29) is 5.71 Å². The van der Waals surface area contributed by atoms with Gasteiger partial charge in [0.15, 0.2) is 0 Å². The molecule has 1 unspecified atom stereocenters. The number of thiophene rings is 1. The Morgan fingerprint density at radius 2 is 2.00 bits per heavy atom. The summed E-state index contributed by atoms with van der Waals surface area (Å²) in [6.45, 7) is 7.29. The molecule has 0 bridgehead atoms. The SMILES string of the molecule is Cc1cc(-c2cc(C(=O)NC(C)C(N)=O)c3c(C)noc3n2)c(C)s1. The largest absolute Gasteiger partial charge is 0.368 e. The van der Waals surface area contributed by atoms with E-state index in [2.05, 4.69) is 15.5 Å². The molecule has 8 heteroatoms. The minimum atomic E-state index is -0.788. The van der Waals surface area contributed by atoms with Crippen LogP contribution in [0.2, 0.25) is 0 Å². The van der Waals surface area contributed by atoms with Crippen molar-refractivity contribution in [1.29, 1.82) is 0 Å². The lowest BCUT2D eigenvalue weighted by atomic mass is 10.1. The average molecular weight is 358 g/mol. The van der Waals surface area contributed by atoms with Crippen LogP contribution in [-0.4, -0.2) is 28.0 Å². The average Bonchev–Trinajstić information content (AvgIpc) is 3.08. The summed E-state index contributed by atoms with van der Waals surface area (Å²) in [6.07, 6.45) is 0. The van der Waals surface area contributed by atoms with Gasteiger partial charge in [-0.2, -0.15) is 0 Å². The lowest BCUT2D eigenvalue weighted by Crippen LogP contribution is -2.42. The number of hydrogen-bond acceptors (Lipinski definition) is 6. The molecule has 0 saturated carbocycles. The summed E-state index contributed by atoms with van der Waals surface area (Å²) in [6, 6.07) is 2.93. The molecule has 1 atom stereocenters. The number of hydrogen-bond donors (Lipinski definition) is 2. The summed E-state index contributed by atoms with van der Waals surface area (Å²) in [5, 5.41) is 7.03. The number of primary amides is 1. The number of fused-ring (bicyclic) bond motifs is 1. The molecule has 2 amide bonds. The van der Waals surface area contributed by atoms with Gasteiger partial charge in [0.2, 0.25) is 5.91 Å². The summed E-state index contributed by atoms with van der Waals surface area (Å²) in [4.78, 5) is 30.7. The number of rotatable bonds is 4. The highest BCUT2D eigenvalue weighted by Gasteiger charge is 2.22. The van der Waals surface area contributed by atoms with E-state index in [9.17, 15) is 9.59 Å². The Balaban J connectivity index is 2.15. The molecule has 0 fully saturated rings. The number of carbonyl (C=O) groups excluding carboxylic acids is 2. The quantitative estimate of drug-likeness (QED) is 0.744. The standard InChI is InChI=1S/C17H18N4O3S/c1-7-5-11(10(4)25-7)13-6-12(16(23)19-9(3)15(18)22)14-8(2)21-24-17(14)20-13/h5-6,9H,1-4H3,(H2,18,22)(H,19,23). The van der Waals surface area contributed by atoms with Gasteiger partial charge in [-0.3, -0.25) is 9.59 Å². The molecular formula is C17H18N4O3S. The molecule has 7 nitrogen and oxygen atoms in total. The Labute approximate surface area is 148 Å². The van der Waals surface area contributed by atoms with Crippen molar-refractivity contribution in [2.45, 2.75) is 33.7 Å². The molecule has 0 aliphatic rings. The number of nitrogens with one attached hydrogen (secondary N) is 1. The fourth-order valence-corrected chi connectivity index (χ4v) is 3.58. The van der Waals surface area contributed by atoms with Crippen LogP contribution in [0.1, 0.15) is 32.7 Å². The van der Waals surface area contributed by atoms with Gasteiger partial charge in [-0.15, -0.1) is 11.3 Å². The smallest absolute Gasteiger partial charge is 0.259 e. The molecule has 0 aromatic carbocycles. The predicted molar refractivity (Wildman–Crippen MR) is 95.5 cm³/mol. The summed E-state index contributed by atoms with van der Waals surface area (Å²) >= 11 is 1.66. The number of aryl methyl sites for hydroxylation is 3. The van der Waals surface area contributed by atoms with Gasteiger partial charge < -0.3 is 15.6 Å². The van der Waals surface area contributed by atoms with E-state index in [4.69, 9.17) is 10.3 Å². The van der Waals surface area contributed by atoms with Crippen LogP contribution in [0.25, 0.3) is 22.4 Å². The molecule has 0 radical (unpaired) electrons. The molecule has 3 aromatic heterocycles. The van der Waals surface area contributed by atoms with Crippen LogP contribution >= 0.6 is 11.3 Å². The molecule has 0 spiro atoms. The monoisotopic (exact) mass is 358 g/mol. The van der Waals surface area contributed by atoms with Gasteiger partial charge in [0, 0.05) is 15.3 Å². The third-order valence-corrected chi connectivity index (χ3v) is 4.92. The van der Waals surface area contributed by atoms with Crippen molar-refractivity contribution in [3.05, 3.63) is 33.1 Å². The molecule has 3 heterocycles. The van der Waals surface area contributed by atoms with Crippen LogP contribution in [0.4, 0.5) is 0 Å². The van der Waals surface area contributed by atoms with Gasteiger partial charge >= 0.3 is 0 Å². The molecule has 3 rings (SSSR count). The summed E-state index contributed by atoms with van der Waals surface area (Å²) in [7, 11) is 0. The third-order valence-electron chi connectivity index (χ3n) is 3.95. The van der Waals surface area contributed by atoms with Crippen LogP contribution in [0, 0.1) is 20.8 Å². The first kappa shape index (κ1) is 17.1. The second-order valence-electron chi connectivity index (χ2n) is 5.93. The lowest BCUT2D eigenvalue weighted by molar-refractivity contribution is -0.119. The second-order valence-corrected chi connectivity index (χ2v) is 7.39. The van der Waals surface area contributed by atoms with Crippen molar-refractivity contribution in [2.75, 3.05) is 0 Å². The van der Waals surface area contributed by atoms with Crippen molar-refractivity contribution in [1.82, 2.24) is 15.5 Å². The van der Waals surface area contributed by atoms with Gasteiger partial charge in [-0.1, -0.05) is 5.16 Å². The molecule has 3 aromatic rings. The van der Waals surface area contributed by atoms with Crippen molar-refractivity contribution < 1.29 is 14.1 Å². The van der Waals surface area contributed by atoms with Gasteiger partial charge in [0.05, 0.1) is 22.3 Å². The third kappa shape index (κ3) is 3.12. The van der Waals surface area contributed by atoms with Gasteiger partial charge in [-0.05, 0) is 39.8 Å². The molecular weight excluding hydrogens is 340 g/mol. The number of nitrogens with two attached hydrogens (primary N) is 1. The van der Waals surface area contributed by atoms with E-state index < -0.39 is 17.9 Å². The maximum absolute atomic E-state index is 12.7. The number of aromatic nitrogens is 2. The molecule has 0 aliphatic heterocycles. The first-order chi connectivity index (χ1) is 11.8. The zero-order chi connectivity index (χ0) is 18.3. The molecule has 130 valence electrons. The molecule has 25 heavy (non-hydrogen) atoms. The number of carbonyl (C=O) groups is 2. The van der Waals surface area contributed by atoms with E-state index >= 15 is 0 Å². The van der Waals surface area contributed by atoms with Crippen molar-refractivity contribution in [3.63, 3.8) is 0 Å². The maximum atomic E-state index is 12.7. The number of pyridine rings is 1. The van der Waals surface area contributed by atoms with Crippen molar-refractivity contribution in [3.8, 4) is 11.3 Å². The van der Waals surface area contributed by atoms with Crippen molar-refractivity contribution in [2.24, 2.45) is 5.73 Å². The summed E-state index contributed by atoms with van der Waals surface area (Å²) < 4.78 is 5.27. The Bertz CT molecular complexity index is 989. The summed E-state index contributed by atoms with van der Waals surface area (Å²) in [5.41, 5.74) is 8.00. The summed E-state index contributed by atoms with van der Waals surface area (Å²) in [5.74, 6) is -1.03. The van der Waals surface area contributed by atoms with Gasteiger partial charge in [0.1, 0.15) is 6.04 Å². The van der Waals surface area contributed by atoms with Crippen molar-refractivity contribution >= 4 is 34.3 Å². The van der Waals surface area contributed by atoms with Gasteiger partial charge in [-0.25, -0.2) is 4.98 Å². The normalized spacial score (nSPS) is 12.3. The number of nitrogens with zero attached hydrogens (tertiary/aromatic N) is 2. The van der Waals surface area contributed by atoms with E-state index in [1.165, 1.54) is 6.92 Å². The Morgan fingerprint density at radius 1 is 1.28 bits per heavy atom. The van der Waals surface area contributed by atoms with Crippen LogP contribution in [-0.2, 0) is 4.79 Å². The predicted octanol–water partition coefficient (Wildman–Crippen LogP) is 2.48. The molecule has 0 saturated heterocycles. The van der Waals surface area contributed by atoms with Crippen LogP contribution in [0.15, 0.2) is 16.7 Å². The lowest BCUT2D eigenvalue weighted by Gasteiger charge is -2.11.